The third kappa shape index (κ3) is 2.68. The van der Waals surface area contributed by atoms with Crippen molar-refractivity contribution in [2.24, 2.45) is 0 Å². The average molecular weight is 329 g/mol. The molecule has 2 heterocycles. The van der Waals surface area contributed by atoms with Crippen molar-refractivity contribution < 1.29 is 13.5 Å². The Morgan fingerprint density at radius 3 is 2.70 bits per heavy atom. The molecule has 1 aliphatic rings. The molecule has 1 aliphatic carbocycles. The van der Waals surface area contributed by atoms with E-state index in [0.29, 0.717) is 12.8 Å². The second-order valence-electron chi connectivity index (χ2n) is 4.92. The van der Waals surface area contributed by atoms with Crippen LogP contribution in [0, 0.1) is 0 Å². The molecular formula is C13H15NO3S3. The van der Waals surface area contributed by atoms with E-state index in [0.717, 1.165) is 10.4 Å². The van der Waals surface area contributed by atoms with E-state index in [-0.39, 0.29) is 11.8 Å². The van der Waals surface area contributed by atoms with E-state index in [4.69, 9.17) is 0 Å². The van der Waals surface area contributed by atoms with Gasteiger partial charge in [0.1, 0.15) is 5.60 Å². The molecule has 20 heavy (non-hydrogen) atoms. The van der Waals surface area contributed by atoms with Crippen molar-refractivity contribution >= 4 is 32.7 Å². The third-order valence-corrected chi connectivity index (χ3v) is 7.02. The fourth-order valence-electron chi connectivity index (χ4n) is 2.05. The minimum Gasteiger partial charge on any atom is -0.378 e. The van der Waals surface area contributed by atoms with E-state index in [9.17, 15) is 13.5 Å². The number of sulfonamides is 1. The van der Waals surface area contributed by atoms with E-state index in [1.807, 2.05) is 34.3 Å². The summed E-state index contributed by atoms with van der Waals surface area (Å²) in [5, 5.41) is 16.3. The van der Waals surface area contributed by atoms with Crippen molar-refractivity contribution in [1.29, 1.82) is 0 Å². The largest absolute Gasteiger partial charge is 0.378 e. The van der Waals surface area contributed by atoms with Gasteiger partial charge in [0, 0.05) is 17.0 Å². The Balaban J connectivity index is 1.87. The van der Waals surface area contributed by atoms with Gasteiger partial charge in [0.15, 0.2) is 0 Å². The number of thiophene rings is 2. The molecule has 2 aromatic heterocycles. The van der Waals surface area contributed by atoms with E-state index in [1.54, 1.807) is 0 Å². The molecule has 1 unspecified atom stereocenters. The first kappa shape index (κ1) is 14.2. The first-order valence-corrected chi connectivity index (χ1v) is 9.67. The summed E-state index contributed by atoms with van der Waals surface area (Å²) < 4.78 is 26.5. The van der Waals surface area contributed by atoms with Gasteiger partial charge in [-0.3, -0.25) is 0 Å². The zero-order valence-corrected chi connectivity index (χ0v) is 13.1. The van der Waals surface area contributed by atoms with Crippen molar-refractivity contribution in [1.82, 2.24) is 4.72 Å². The molecule has 1 fully saturated rings. The van der Waals surface area contributed by atoms with Crippen LogP contribution >= 0.6 is 22.7 Å². The van der Waals surface area contributed by atoms with Gasteiger partial charge in [-0.05, 0) is 41.1 Å². The maximum Gasteiger partial charge on any atom is 0.214 e. The Hall–Kier alpha value is -0.730. The van der Waals surface area contributed by atoms with Crippen LogP contribution < -0.4 is 4.72 Å². The molecule has 1 atom stereocenters. The minimum absolute atomic E-state index is 0.0247. The van der Waals surface area contributed by atoms with Crippen LogP contribution in [0.2, 0.25) is 0 Å². The van der Waals surface area contributed by atoms with Crippen molar-refractivity contribution in [3.05, 3.63) is 44.8 Å². The molecule has 0 radical (unpaired) electrons. The van der Waals surface area contributed by atoms with Crippen LogP contribution in [-0.2, 0) is 15.6 Å². The first-order chi connectivity index (χ1) is 9.52. The monoisotopic (exact) mass is 329 g/mol. The molecule has 2 aromatic rings. The van der Waals surface area contributed by atoms with Crippen molar-refractivity contribution in [3.8, 4) is 0 Å². The fraction of sp³-hybridized carbons (Fsp3) is 0.385. The van der Waals surface area contributed by atoms with Crippen molar-refractivity contribution in [2.75, 3.05) is 6.54 Å². The van der Waals surface area contributed by atoms with Crippen LogP contribution in [-0.4, -0.2) is 25.3 Å². The summed E-state index contributed by atoms with van der Waals surface area (Å²) in [7, 11) is -3.30. The van der Waals surface area contributed by atoms with E-state index in [2.05, 4.69) is 4.72 Å². The van der Waals surface area contributed by atoms with Crippen LogP contribution in [0.25, 0.3) is 0 Å². The van der Waals surface area contributed by atoms with Gasteiger partial charge in [0.25, 0.3) is 0 Å². The van der Waals surface area contributed by atoms with Gasteiger partial charge in [0.2, 0.25) is 10.0 Å². The molecule has 0 aliphatic heterocycles. The van der Waals surface area contributed by atoms with Crippen LogP contribution in [0.1, 0.15) is 23.3 Å². The molecule has 7 heteroatoms. The number of hydrogen-bond donors (Lipinski definition) is 2. The van der Waals surface area contributed by atoms with Crippen LogP contribution in [0.5, 0.6) is 0 Å². The summed E-state index contributed by atoms with van der Waals surface area (Å²) in [4.78, 5) is 0.745. The fourth-order valence-corrected chi connectivity index (χ4v) is 5.02. The van der Waals surface area contributed by atoms with Gasteiger partial charge in [-0.1, -0.05) is 6.07 Å². The lowest BCUT2D eigenvalue weighted by Crippen LogP contribution is -2.42. The lowest BCUT2D eigenvalue weighted by Gasteiger charge is -2.26. The van der Waals surface area contributed by atoms with E-state index < -0.39 is 15.6 Å². The highest BCUT2D eigenvalue weighted by Crippen LogP contribution is 2.34. The van der Waals surface area contributed by atoms with Gasteiger partial charge in [0.05, 0.1) is 5.25 Å². The van der Waals surface area contributed by atoms with Gasteiger partial charge >= 0.3 is 0 Å². The normalized spacial score (nSPS) is 18.9. The number of nitrogens with one attached hydrogen (secondary N) is 1. The lowest BCUT2D eigenvalue weighted by atomic mass is 9.95. The predicted octanol–water partition coefficient (Wildman–Crippen LogP) is 2.13. The highest BCUT2D eigenvalue weighted by molar-refractivity contribution is 7.90. The minimum atomic E-state index is -3.30. The van der Waals surface area contributed by atoms with Crippen LogP contribution in [0.15, 0.2) is 34.3 Å². The topological polar surface area (TPSA) is 66.4 Å². The molecule has 1 saturated carbocycles. The maximum absolute atomic E-state index is 12.0. The SMILES string of the molecule is O=S(=O)(NCC(O)(c1ccsc1)c1cccs1)C1CC1. The molecular weight excluding hydrogens is 314 g/mol. The molecule has 0 spiro atoms. The number of aliphatic hydroxyl groups is 1. The predicted molar refractivity (Wildman–Crippen MR) is 81.6 cm³/mol. The Bertz CT molecular complexity index is 624. The smallest absolute Gasteiger partial charge is 0.214 e. The van der Waals surface area contributed by atoms with Crippen LogP contribution in [0.3, 0.4) is 0 Å². The Kier molecular flexibility index (Phi) is 3.72. The van der Waals surface area contributed by atoms with Crippen molar-refractivity contribution in [2.45, 2.75) is 23.7 Å². The van der Waals surface area contributed by atoms with Crippen molar-refractivity contribution in [3.63, 3.8) is 0 Å². The molecule has 3 rings (SSSR count). The Morgan fingerprint density at radius 1 is 1.35 bits per heavy atom. The quantitative estimate of drug-likeness (QED) is 0.853. The molecule has 2 N–H and O–H groups in total. The summed E-state index contributed by atoms with van der Waals surface area (Å²) in [6.45, 7) is -0.0247. The first-order valence-electron chi connectivity index (χ1n) is 6.30. The second kappa shape index (κ2) is 5.23. The Labute approximate surface area is 126 Å². The molecule has 0 bridgehead atoms. The van der Waals surface area contributed by atoms with Gasteiger partial charge in [-0.25, -0.2) is 13.1 Å². The van der Waals surface area contributed by atoms with Gasteiger partial charge in [-0.15, -0.1) is 11.3 Å². The van der Waals surface area contributed by atoms with Gasteiger partial charge < -0.3 is 5.11 Å². The highest BCUT2D eigenvalue weighted by atomic mass is 32.2. The maximum atomic E-state index is 12.0. The number of hydrogen-bond acceptors (Lipinski definition) is 5. The molecule has 0 aromatic carbocycles. The molecule has 0 amide bonds. The third-order valence-electron chi connectivity index (χ3n) is 3.42. The summed E-state index contributed by atoms with van der Waals surface area (Å²) >= 11 is 2.91. The standard InChI is InChI=1S/C13H15NO3S3/c15-13(10-5-7-18-8-10,12-2-1-6-19-12)9-14-20(16,17)11-3-4-11/h1-2,5-8,11,14-15H,3-4,9H2. The lowest BCUT2D eigenvalue weighted by molar-refractivity contribution is 0.0903. The summed E-state index contributed by atoms with van der Waals surface area (Å²) in [5.74, 6) is 0. The van der Waals surface area contributed by atoms with E-state index >= 15 is 0 Å². The van der Waals surface area contributed by atoms with Gasteiger partial charge in [-0.2, -0.15) is 11.3 Å². The molecule has 4 nitrogen and oxygen atoms in total. The zero-order chi connectivity index (χ0) is 14.2. The zero-order valence-electron chi connectivity index (χ0n) is 10.7. The van der Waals surface area contributed by atoms with Crippen LogP contribution in [0.4, 0.5) is 0 Å². The molecule has 108 valence electrons. The highest BCUT2D eigenvalue weighted by Gasteiger charge is 2.39. The number of rotatable bonds is 6. The second-order valence-corrected chi connectivity index (χ2v) is 8.69. The summed E-state index contributed by atoms with van der Waals surface area (Å²) in [6.07, 6.45) is 1.43. The molecule has 0 saturated heterocycles. The van der Waals surface area contributed by atoms with E-state index in [1.165, 1.54) is 22.7 Å². The summed E-state index contributed by atoms with van der Waals surface area (Å²) in [6, 6.07) is 5.51. The average Bonchev–Trinajstić information content (AvgIpc) is 2.96. The Morgan fingerprint density at radius 2 is 2.15 bits per heavy atom. The summed E-state index contributed by atoms with van der Waals surface area (Å²) in [5.41, 5.74) is -0.570.